The second-order valence-electron chi connectivity index (χ2n) is 9.09. The maximum atomic E-state index is 13.6. The lowest BCUT2D eigenvalue weighted by Crippen LogP contribution is -2.23. The second-order valence-corrected chi connectivity index (χ2v) is 9.09. The molecule has 5 rings (SSSR count). The minimum atomic E-state index is -4.60. The van der Waals surface area contributed by atoms with Crippen LogP contribution >= 0.6 is 0 Å². The molecular formula is C27H24F4N6. The summed E-state index contributed by atoms with van der Waals surface area (Å²) in [4.78, 5) is 18.2. The molecule has 1 N–H and O–H groups in total. The molecule has 0 saturated carbocycles. The Labute approximate surface area is 211 Å². The molecule has 0 radical (unpaired) electrons. The van der Waals surface area contributed by atoms with Gasteiger partial charge < -0.3 is 10.2 Å². The molecule has 4 aromatic rings. The first-order chi connectivity index (χ1) is 17.7. The van der Waals surface area contributed by atoms with Gasteiger partial charge in [0.05, 0.1) is 11.6 Å². The summed E-state index contributed by atoms with van der Waals surface area (Å²) in [7, 11) is 2.07. The van der Waals surface area contributed by atoms with E-state index in [4.69, 9.17) is 0 Å². The van der Waals surface area contributed by atoms with Crippen molar-refractivity contribution in [3.63, 3.8) is 0 Å². The van der Waals surface area contributed by atoms with Gasteiger partial charge in [-0.15, -0.1) is 0 Å². The summed E-state index contributed by atoms with van der Waals surface area (Å²) >= 11 is 0. The third kappa shape index (κ3) is 5.29. The number of likely N-dealkylation sites (N-methyl/N-ethyl adjacent to an activating group) is 1. The van der Waals surface area contributed by atoms with Crippen molar-refractivity contribution in [2.45, 2.75) is 25.6 Å². The molecular weight excluding hydrogens is 484 g/mol. The number of nitrogens with one attached hydrogen (secondary N) is 1. The molecule has 1 aliphatic heterocycles. The number of aromatic nitrogens is 4. The maximum Gasteiger partial charge on any atom is 0.451 e. The zero-order chi connectivity index (χ0) is 26.2. The van der Waals surface area contributed by atoms with Gasteiger partial charge in [0.25, 0.3) is 0 Å². The second kappa shape index (κ2) is 9.85. The first kappa shape index (κ1) is 24.8. The molecule has 1 unspecified atom stereocenters. The van der Waals surface area contributed by atoms with Gasteiger partial charge in [-0.25, -0.2) is 24.3 Å². The average Bonchev–Trinajstić information content (AvgIpc) is 2.89. The molecule has 0 spiro atoms. The SMILES string of the molecule is CC(Nc1ncnc2c(C3=CCN(C)CC3)cc(-c3ccc(F)cc3)cc12)c1cnc(C(F)(F)F)nc1. The lowest BCUT2D eigenvalue weighted by molar-refractivity contribution is -0.145. The summed E-state index contributed by atoms with van der Waals surface area (Å²) in [5, 5.41) is 4.03. The van der Waals surface area contributed by atoms with Crippen molar-refractivity contribution >= 4 is 22.3 Å². The Hall–Kier alpha value is -3.92. The van der Waals surface area contributed by atoms with Gasteiger partial charge in [0.2, 0.25) is 5.82 Å². The van der Waals surface area contributed by atoms with Crippen molar-refractivity contribution in [3.8, 4) is 11.1 Å². The summed E-state index contributed by atoms with van der Waals surface area (Å²) in [6, 6.07) is 9.87. The summed E-state index contributed by atoms with van der Waals surface area (Å²) in [5.74, 6) is -0.979. The van der Waals surface area contributed by atoms with Crippen LogP contribution < -0.4 is 5.32 Å². The van der Waals surface area contributed by atoms with Gasteiger partial charge in [-0.3, -0.25) is 0 Å². The molecule has 6 nitrogen and oxygen atoms in total. The Morgan fingerprint density at radius 1 is 0.973 bits per heavy atom. The van der Waals surface area contributed by atoms with Gasteiger partial charge in [0, 0.05) is 42.0 Å². The number of alkyl halides is 3. The van der Waals surface area contributed by atoms with E-state index in [1.54, 1.807) is 19.1 Å². The number of rotatable bonds is 5. The number of hydrogen-bond acceptors (Lipinski definition) is 6. The Morgan fingerprint density at radius 2 is 1.70 bits per heavy atom. The van der Waals surface area contributed by atoms with E-state index in [0.717, 1.165) is 59.5 Å². The predicted molar refractivity (Wildman–Crippen MR) is 134 cm³/mol. The highest BCUT2D eigenvalue weighted by Gasteiger charge is 2.34. The van der Waals surface area contributed by atoms with E-state index >= 15 is 0 Å². The number of hydrogen-bond donors (Lipinski definition) is 1. The van der Waals surface area contributed by atoms with E-state index < -0.39 is 18.0 Å². The number of benzene rings is 2. The minimum Gasteiger partial charge on any atom is -0.363 e. The van der Waals surface area contributed by atoms with E-state index in [0.29, 0.717) is 11.4 Å². The Balaban J connectivity index is 1.58. The van der Waals surface area contributed by atoms with Gasteiger partial charge in [-0.1, -0.05) is 18.2 Å². The fourth-order valence-corrected chi connectivity index (χ4v) is 4.35. The van der Waals surface area contributed by atoms with E-state index in [9.17, 15) is 17.6 Å². The van der Waals surface area contributed by atoms with Crippen LogP contribution in [-0.2, 0) is 6.18 Å². The number of nitrogens with zero attached hydrogens (tertiary/aromatic N) is 5. The van der Waals surface area contributed by atoms with Crippen LogP contribution in [0.2, 0.25) is 0 Å². The highest BCUT2D eigenvalue weighted by atomic mass is 19.4. The van der Waals surface area contributed by atoms with Gasteiger partial charge >= 0.3 is 6.18 Å². The lowest BCUT2D eigenvalue weighted by Gasteiger charge is -2.23. The standard InChI is InChI=1S/C27H24F4N6/c1-16(20-13-32-26(33-14-20)27(29,30)31)36-25-23-12-19(17-3-5-21(28)6-4-17)11-22(24(23)34-15-35-25)18-7-9-37(2)10-8-18/h3-7,11-16H,8-10H2,1-2H3,(H,34,35,36). The van der Waals surface area contributed by atoms with Gasteiger partial charge in [-0.2, -0.15) is 13.2 Å². The van der Waals surface area contributed by atoms with Crippen LogP contribution in [0.4, 0.5) is 23.4 Å². The molecule has 0 fully saturated rings. The summed E-state index contributed by atoms with van der Waals surface area (Å²) in [6.45, 7) is 3.53. The monoisotopic (exact) mass is 508 g/mol. The molecule has 0 saturated heterocycles. The fourth-order valence-electron chi connectivity index (χ4n) is 4.35. The highest BCUT2D eigenvalue weighted by molar-refractivity contribution is 6.00. The summed E-state index contributed by atoms with van der Waals surface area (Å²) in [5.41, 5.74) is 5.10. The van der Waals surface area contributed by atoms with Crippen molar-refractivity contribution in [2.75, 3.05) is 25.5 Å². The number of halogens is 4. The maximum absolute atomic E-state index is 13.6. The average molecular weight is 509 g/mol. The van der Waals surface area contributed by atoms with Gasteiger partial charge in [0.1, 0.15) is 18.0 Å². The molecule has 1 aliphatic rings. The van der Waals surface area contributed by atoms with Crippen molar-refractivity contribution in [1.29, 1.82) is 0 Å². The van der Waals surface area contributed by atoms with Crippen molar-refractivity contribution in [1.82, 2.24) is 24.8 Å². The topological polar surface area (TPSA) is 66.8 Å². The van der Waals surface area contributed by atoms with Gasteiger partial charge in [-0.05, 0) is 61.4 Å². The predicted octanol–water partition coefficient (Wildman–Crippen LogP) is 6.14. The highest BCUT2D eigenvalue weighted by Crippen LogP contribution is 2.36. The molecule has 0 bridgehead atoms. The molecule has 0 amide bonds. The quantitative estimate of drug-likeness (QED) is 0.327. The van der Waals surface area contributed by atoms with Crippen LogP contribution in [0.3, 0.4) is 0 Å². The van der Waals surface area contributed by atoms with E-state index in [1.807, 2.05) is 6.07 Å². The molecule has 2 aromatic carbocycles. The molecule has 1 atom stereocenters. The van der Waals surface area contributed by atoms with E-state index in [-0.39, 0.29) is 5.82 Å². The Bertz CT molecular complexity index is 1450. The summed E-state index contributed by atoms with van der Waals surface area (Å²) < 4.78 is 52.2. The third-order valence-corrected chi connectivity index (χ3v) is 6.45. The van der Waals surface area contributed by atoms with Crippen LogP contribution in [0.5, 0.6) is 0 Å². The van der Waals surface area contributed by atoms with E-state index in [2.05, 4.69) is 49.3 Å². The van der Waals surface area contributed by atoms with Crippen molar-refractivity contribution < 1.29 is 17.6 Å². The smallest absolute Gasteiger partial charge is 0.363 e. The first-order valence-electron chi connectivity index (χ1n) is 11.8. The normalized spacial score (nSPS) is 15.5. The van der Waals surface area contributed by atoms with Crippen LogP contribution in [0, 0.1) is 5.82 Å². The molecule has 0 aliphatic carbocycles. The summed E-state index contributed by atoms with van der Waals surface area (Å²) in [6.07, 6.45) is 2.23. The largest absolute Gasteiger partial charge is 0.451 e. The van der Waals surface area contributed by atoms with Crippen molar-refractivity contribution in [3.05, 3.63) is 84.0 Å². The van der Waals surface area contributed by atoms with Crippen LogP contribution in [-0.4, -0.2) is 45.0 Å². The first-order valence-corrected chi connectivity index (χ1v) is 11.8. The molecule has 3 heterocycles. The van der Waals surface area contributed by atoms with Crippen LogP contribution in [0.15, 0.2) is 61.2 Å². The number of anilines is 1. The van der Waals surface area contributed by atoms with Crippen LogP contribution in [0.1, 0.15) is 36.3 Å². The molecule has 190 valence electrons. The zero-order valence-corrected chi connectivity index (χ0v) is 20.2. The van der Waals surface area contributed by atoms with Crippen LogP contribution in [0.25, 0.3) is 27.6 Å². The minimum absolute atomic E-state index is 0.318. The van der Waals surface area contributed by atoms with Crippen molar-refractivity contribution in [2.24, 2.45) is 0 Å². The Kier molecular flexibility index (Phi) is 6.59. The molecule has 2 aromatic heterocycles. The molecule has 37 heavy (non-hydrogen) atoms. The fraction of sp³-hybridized carbons (Fsp3) is 0.259. The number of fused-ring (bicyclic) bond motifs is 1. The Morgan fingerprint density at radius 3 is 2.35 bits per heavy atom. The van der Waals surface area contributed by atoms with Gasteiger partial charge in [0.15, 0.2) is 0 Å². The molecule has 10 heteroatoms. The lowest BCUT2D eigenvalue weighted by atomic mass is 9.92. The zero-order valence-electron chi connectivity index (χ0n) is 20.2. The third-order valence-electron chi connectivity index (χ3n) is 6.45. The van der Waals surface area contributed by atoms with E-state index in [1.165, 1.54) is 24.0 Å².